The van der Waals surface area contributed by atoms with Crippen molar-refractivity contribution in [2.24, 2.45) is 0 Å². The lowest BCUT2D eigenvalue weighted by Gasteiger charge is -2.11. The van der Waals surface area contributed by atoms with Gasteiger partial charge < -0.3 is 10.00 Å². The number of nitrogens with zero attached hydrogens (tertiary/aromatic N) is 1. The number of rotatable bonds is 8. The number of hydrogen-bond donors (Lipinski definition) is 2. The molecule has 2 aromatic carbocycles. The molecule has 0 fully saturated rings. The average Bonchev–Trinajstić information content (AvgIpc) is 2.52. The van der Waals surface area contributed by atoms with Crippen molar-refractivity contribution in [1.29, 1.82) is 0 Å². The van der Waals surface area contributed by atoms with Crippen molar-refractivity contribution in [3.8, 4) is 0 Å². The van der Waals surface area contributed by atoms with Crippen LogP contribution >= 0.6 is 43.6 Å². The van der Waals surface area contributed by atoms with Gasteiger partial charge in [0.25, 0.3) is 0 Å². The molecule has 0 saturated carbocycles. The highest BCUT2D eigenvalue weighted by Gasteiger charge is 2.19. The molecule has 0 aliphatic heterocycles. The van der Waals surface area contributed by atoms with Crippen LogP contribution in [0.1, 0.15) is 16.7 Å². The van der Waals surface area contributed by atoms with E-state index in [1.54, 1.807) is 42.5 Å². The highest BCUT2D eigenvalue weighted by molar-refractivity contribution is 7.37. The van der Waals surface area contributed by atoms with Crippen molar-refractivity contribution in [2.75, 3.05) is 6.54 Å². The van der Waals surface area contributed by atoms with Gasteiger partial charge in [-0.1, -0.05) is 53.5 Å². The third-order valence-electron chi connectivity index (χ3n) is 3.67. The Morgan fingerprint density at radius 3 is 2.35 bits per heavy atom. The van der Waals surface area contributed by atoms with Gasteiger partial charge in [0.2, 0.25) is 13.1 Å². The minimum absolute atomic E-state index is 0. The van der Waals surface area contributed by atoms with Gasteiger partial charge in [0, 0.05) is 27.8 Å². The summed E-state index contributed by atoms with van der Waals surface area (Å²) < 4.78 is 11.8. The monoisotopic (exact) mass is 438 g/mol. The van der Waals surface area contributed by atoms with Crippen LogP contribution in [-0.4, -0.2) is 27.4 Å². The molecule has 26 heavy (non-hydrogen) atoms. The van der Waals surface area contributed by atoms with Gasteiger partial charge >= 0.3 is 0 Å². The maximum atomic E-state index is 12.1. The van der Waals surface area contributed by atoms with E-state index in [-0.39, 0.29) is 38.1 Å². The zero-order valence-corrected chi connectivity index (χ0v) is 17.1. The summed E-state index contributed by atoms with van der Waals surface area (Å²) in [6.45, 7) is 0.00281. The SMILES string of the molecule is Cl.O=[N+](Cc1ccc(Cl)c(Cl)c1)C[C@@H](O)Cc1ccccc1C[PH](=O)O. The largest absolute Gasteiger partial charge is 0.386 e. The summed E-state index contributed by atoms with van der Waals surface area (Å²) in [5, 5.41) is 11.0. The highest BCUT2D eigenvalue weighted by atomic mass is 35.5. The van der Waals surface area contributed by atoms with E-state index >= 15 is 0 Å². The standard InChI is InChI=1S/C17H18Cl2NO4P.ClH/c18-16-6-5-12(7-17(16)19)9-20(22)10-15(21)8-13-3-1-2-4-14(13)11-25(23)24;/h1-7,15,21,25H,8-11H2;1H/p+1/t15-;/m0./s1. The fourth-order valence-electron chi connectivity index (χ4n) is 2.55. The zero-order chi connectivity index (χ0) is 18.4. The Morgan fingerprint density at radius 2 is 1.73 bits per heavy atom. The fourth-order valence-corrected chi connectivity index (χ4v) is 3.54. The molecule has 2 rings (SSSR count). The average molecular weight is 440 g/mol. The number of benzene rings is 2. The smallest absolute Gasteiger partial charge is 0.218 e. The first kappa shape index (κ1) is 23.1. The Kier molecular flexibility index (Phi) is 9.80. The molecule has 142 valence electrons. The second-order valence-corrected chi connectivity index (χ2v) is 7.72. The second kappa shape index (κ2) is 11.0. The Labute approximate surface area is 168 Å². The van der Waals surface area contributed by atoms with Crippen molar-refractivity contribution in [2.45, 2.75) is 25.2 Å². The molecule has 2 N–H and O–H groups in total. The molecule has 9 heteroatoms. The Balaban J connectivity index is 0.00000338. The van der Waals surface area contributed by atoms with E-state index in [1.165, 1.54) is 0 Å². The lowest BCUT2D eigenvalue weighted by atomic mass is 10.0. The summed E-state index contributed by atoms with van der Waals surface area (Å²) in [5.41, 5.74) is 2.19. The molecule has 0 aliphatic carbocycles. The van der Waals surface area contributed by atoms with Crippen LogP contribution in [0, 0.1) is 4.91 Å². The molecule has 0 heterocycles. The van der Waals surface area contributed by atoms with Crippen LogP contribution < -0.4 is 0 Å². The van der Waals surface area contributed by atoms with Gasteiger partial charge in [-0.05, 0) is 23.3 Å². The van der Waals surface area contributed by atoms with Gasteiger partial charge in [0.15, 0.2) is 8.03 Å². The first-order valence-electron chi connectivity index (χ1n) is 7.68. The summed E-state index contributed by atoms with van der Waals surface area (Å²) >= 11 is 11.8. The van der Waals surface area contributed by atoms with E-state index in [0.29, 0.717) is 15.6 Å². The van der Waals surface area contributed by atoms with Crippen LogP contribution in [0.3, 0.4) is 0 Å². The van der Waals surface area contributed by atoms with Gasteiger partial charge in [0.05, 0.1) is 10.0 Å². The van der Waals surface area contributed by atoms with Crippen LogP contribution in [-0.2, 0) is 23.7 Å². The van der Waals surface area contributed by atoms with Gasteiger partial charge in [-0.3, -0.25) is 4.57 Å². The highest BCUT2D eigenvalue weighted by Crippen LogP contribution is 2.25. The number of nitroso groups, excluding NO2 is 1. The van der Waals surface area contributed by atoms with Gasteiger partial charge in [-0.15, -0.1) is 12.4 Å². The van der Waals surface area contributed by atoms with Crippen LogP contribution in [0.5, 0.6) is 0 Å². The van der Waals surface area contributed by atoms with Crippen molar-refractivity contribution in [1.82, 2.24) is 0 Å². The van der Waals surface area contributed by atoms with Crippen LogP contribution in [0.25, 0.3) is 0 Å². The van der Waals surface area contributed by atoms with E-state index in [1.807, 2.05) is 0 Å². The van der Waals surface area contributed by atoms with E-state index < -0.39 is 14.1 Å². The van der Waals surface area contributed by atoms with E-state index in [0.717, 1.165) is 15.9 Å². The van der Waals surface area contributed by atoms with Crippen molar-refractivity contribution < 1.29 is 19.3 Å². The van der Waals surface area contributed by atoms with Gasteiger partial charge in [0.1, 0.15) is 6.10 Å². The normalized spacial score (nSPS) is 12.9. The lowest BCUT2D eigenvalue weighted by Crippen LogP contribution is -2.25. The minimum atomic E-state index is -2.64. The Bertz CT molecular complexity index is 788. The van der Waals surface area contributed by atoms with Crippen molar-refractivity contribution in [3.63, 3.8) is 0 Å². The topological polar surface area (TPSA) is 77.6 Å². The van der Waals surface area contributed by atoms with Crippen molar-refractivity contribution in [3.05, 3.63) is 74.1 Å². The van der Waals surface area contributed by atoms with Gasteiger partial charge in [-0.2, -0.15) is 0 Å². The zero-order valence-electron chi connectivity index (χ0n) is 13.8. The Morgan fingerprint density at radius 1 is 1.08 bits per heavy atom. The molecule has 0 spiro atoms. The molecule has 0 bridgehead atoms. The number of aliphatic hydroxyl groups excluding tert-OH is 1. The summed E-state index contributed by atoms with van der Waals surface area (Å²) in [4.78, 5) is 21.2. The Hall–Kier alpha value is -0.940. The molecular weight excluding hydrogens is 420 g/mol. The first-order chi connectivity index (χ1) is 11.8. The second-order valence-electron chi connectivity index (χ2n) is 5.77. The fraction of sp³-hybridized carbons (Fsp3) is 0.294. The number of aliphatic hydroxyl groups is 1. The predicted molar refractivity (Wildman–Crippen MR) is 107 cm³/mol. The van der Waals surface area contributed by atoms with Crippen molar-refractivity contribution >= 4 is 43.6 Å². The van der Waals surface area contributed by atoms with Crippen LogP contribution in [0.2, 0.25) is 10.0 Å². The molecule has 2 aromatic rings. The first-order valence-corrected chi connectivity index (χ1v) is 9.99. The van der Waals surface area contributed by atoms with E-state index in [2.05, 4.69) is 0 Å². The molecule has 0 radical (unpaired) electrons. The number of halogens is 3. The summed E-state index contributed by atoms with van der Waals surface area (Å²) in [6, 6.07) is 12.1. The van der Waals surface area contributed by atoms with E-state index in [9.17, 15) is 14.6 Å². The quantitative estimate of drug-likeness (QED) is 0.476. The van der Waals surface area contributed by atoms with Gasteiger partial charge in [-0.25, -0.2) is 0 Å². The summed E-state index contributed by atoms with van der Waals surface area (Å²) in [6.07, 6.45) is -0.578. The maximum Gasteiger partial charge on any atom is 0.218 e. The summed E-state index contributed by atoms with van der Waals surface area (Å²) in [5.74, 6) is 0. The molecule has 0 amide bonds. The third-order valence-corrected chi connectivity index (χ3v) is 5.10. The summed E-state index contributed by atoms with van der Waals surface area (Å²) in [7, 11) is -2.64. The molecule has 2 atom stereocenters. The molecule has 5 nitrogen and oxygen atoms in total. The third kappa shape index (κ3) is 7.36. The minimum Gasteiger partial charge on any atom is -0.386 e. The maximum absolute atomic E-state index is 12.1. The van der Waals surface area contributed by atoms with E-state index in [4.69, 9.17) is 28.1 Å². The molecular formula is C17H20Cl3NO4P+. The lowest BCUT2D eigenvalue weighted by molar-refractivity contribution is -0.572. The predicted octanol–water partition coefficient (Wildman–Crippen LogP) is 4.26. The molecule has 0 aromatic heterocycles. The molecule has 1 unspecified atom stereocenters. The molecule has 0 saturated heterocycles. The number of hydrogen-bond acceptors (Lipinski definition) is 3. The van der Waals surface area contributed by atoms with Crippen LogP contribution in [0.4, 0.5) is 0 Å². The molecule has 0 aliphatic rings. The van der Waals surface area contributed by atoms with Crippen LogP contribution in [0.15, 0.2) is 42.5 Å².